The molecular weight excluding hydrogens is 501 g/mol. The van der Waals surface area contributed by atoms with Gasteiger partial charge in [0, 0.05) is 48.8 Å². The summed E-state index contributed by atoms with van der Waals surface area (Å²) < 4.78 is 11.9. The Morgan fingerprint density at radius 1 is 1.44 bits per heavy atom. The highest BCUT2D eigenvalue weighted by Gasteiger charge is 2.34. The fourth-order valence-electron chi connectivity index (χ4n) is 2.87. The van der Waals surface area contributed by atoms with Gasteiger partial charge in [-0.3, -0.25) is 4.99 Å². The molecule has 0 amide bonds. The first-order valence-electron chi connectivity index (χ1n) is 8.08. The fraction of sp³-hybridized carbons (Fsp3) is 0.588. The normalized spacial score (nSPS) is 20.1. The molecule has 8 heteroatoms. The summed E-state index contributed by atoms with van der Waals surface area (Å²) in [4.78, 5) is 4.27. The first-order valence-corrected chi connectivity index (χ1v) is 8.87. The molecule has 25 heavy (non-hydrogen) atoms. The number of nitrogens with one attached hydrogen (secondary N) is 2. The number of halogens is 2. The van der Waals surface area contributed by atoms with Crippen molar-refractivity contribution < 1.29 is 14.6 Å². The Labute approximate surface area is 174 Å². The predicted molar refractivity (Wildman–Crippen MR) is 114 cm³/mol. The lowest BCUT2D eigenvalue weighted by Crippen LogP contribution is -2.44. The Morgan fingerprint density at radius 3 is 2.84 bits per heavy atom. The summed E-state index contributed by atoms with van der Waals surface area (Å²) in [5, 5.41) is 16.0. The van der Waals surface area contributed by atoms with Gasteiger partial charge in [-0.25, -0.2) is 0 Å². The summed E-state index contributed by atoms with van der Waals surface area (Å²) in [5.41, 5.74) is 1.03. The van der Waals surface area contributed by atoms with E-state index in [-0.39, 0.29) is 36.0 Å². The summed E-state index contributed by atoms with van der Waals surface area (Å²) in [6, 6.07) is 5.91. The first-order chi connectivity index (χ1) is 11.6. The summed E-state index contributed by atoms with van der Waals surface area (Å²) >= 11 is 3.48. The number of rotatable bonds is 7. The quantitative estimate of drug-likeness (QED) is 0.289. The number of aliphatic imine (C=N–C) groups is 1. The monoisotopic (exact) mass is 527 g/mol. The van der Waals surface area contributed by atoms with E-state index in [0.29, 0.717) is 13.2 Å². The van der Waals surface area contributed by atoms with Gasteiger partial charge in [0.1, 0.15) is 5.75 Å². The third-order valence-corrected chi connectivity index (χ3v) is 4.86. The third-order valence-electron chi connectivity index (χ3n) is 4.37. The van der Waals surface area contributed by atoms with E-state index < -0.39 is 0 Å². The molecule has 1 heterocycles. The van der Waals surface area contributed by atoms with Crippen LogP contribution in [0.3, 0.4) is 0 Å². The highest BCUT2D eigenvalue weighted by molar-refractivity contribution is 14.0. The largest absolute Gasteiger partial charge is 0.496 e. The van der Waals surface area contributed by atoms with E-state index in [2.05, 4.69) is 31.6 Å². The van der Waals surface area contributed by atoms with Gasteiger partial charge in [0.2, 0.25) is 0 Å². The molecule has 1 fully saturated rings. The van der Waals surface area contributed by atoms with E-state index in [4.69, 9.17) is 9.47 Å². The molecule has 0 aromatic heterocycles. The van der Waals surface area contributed by atoms with Gasteiger partial charge in [-0.05, 0) is 31.0 Å². The van der Waals surface area contributed by atoms with Gasteiger partial charge >= 0.3 is 0 Å². The Morgan fingerprint density at radius 2 is 2.24 bits per heavy atom. The van der Waals surface area contributed by atoms with Crippen molar-refractivity contribution in [2.24, 2.45) is 10.4 Å². The van der Waals surface area contributed by atoms with Crippen LogP contribution in [0.25, 0.3) is 0 Å². The number of guanidine groups is 1. The SMILES string of the molecule is CN=C(NCc1cc(Br)ccc1OC)NCC1(CCO)CCOC1.I. The molecule has 1 atom stereocenters. The number of nitrogens with zero attached hydrogens (tertiary/aromatic N) is 1. The molecule has 1 saturated heterocycles. The van der Waals surface area contributed by atoms with Crippen molar-refractivity contribution in [3.8, 4) is 5.75 Å². The second-order valence-corrected chi connectivity index (χ2v) is 6.93. The minimum Gasteiger partial charge on any atom is -0.496 e. The molecular formula is C17H27BrIN3O3. The Kier molecular flexibility index (Phi) is 10.1. The Balaban J connectivity index is 0.00000312. The van der Waals surface area contributed by atoms with Crippen LogP contribution in [0.4, 0.5) is 0 Å². The molecule has 1 unspecified atom stereocenters. The molecule has 6 nitrogen and oxygen atoms in total. The molecule has 1 aliphatic rings. The van der Waals surface area contributed by atoms with Crippen LogP contribution in [0.15, 0.2) is 27.7 Å². The van der Waals surface area contributed by atoms with Gasteiger partial charge in [-0.15, -0.1) is 24.0 Å². The smallest absolute Gasteiger partial charge is 0.191 e. The van der Waals surface area contributed by atoms with E-state index >= 15 is 0 Å². The maximum atomic E-state index is 9.30. The maximum Gasteiger partial charge on any atom is 0.191 e. The van der Waals surface area contributed by atoms with Gasteiger partial charge in [-0.1, -0.05) is 15.9 Å². The van der Waals surface area contributed by atoms with E-state index in [1.807, 2.05) is 18.2 Å². The van der Waals surface area contributed by atoms with Crippen molar-refractivity contribution >= 4 is 45.9 Å². The van der Waals surface area contributed by atoms with Crippen molar-refractivity contribution in [2.45, 2.75) is 19.4 Å². The second kappa shape index (κ2) is 11.2. The van der Waals surface area contributed by atoms with E-state index in [0.717, 1.165) is 47.7 Å². The number of hydrogen-bond acceptors (Lipinski definition) is 4. The number of ether oxygens (including phenoxy) is 2. The molecule has 2 rings (SSSR count). The topological polar surface area (TPSA) is 75.1 Å². The van der Waals surface area contributed by atoms with Gasteiger partial charge in [0.25, 0.3) is 0 Å². The standard InChI is InChI=1S/C17H26BrN3O3.HI/c1-19-16(21-11-17(5-7-22)6-8-24-12-17)20-10-13-9-14(18)3-4-15(13)23-2;/h3-4,9,22H,5-8,10-12H2,1-2H3,(H2,19,20,21);1H. The molecule has 0 aliphatic carbocycles. The van der Waals surface area contributed by atoms with Crippen molar-refractivity contribution in [3.05, 3.63) is 28.2 Å². The van der Waals surface area contributed by atoms with Crippen molar-refractivity contribution in [2.75, 3.05) is 40.5 Å². The summed E-state index contributed by atoms with van der Waals surface area (Å²) in [5.74, 6) is 1.56. The average Bonchev–Trinajstić information content (AvgIpc) is 3.04. The second-order valence-electron chi connectivity index (χ2n) is 6.01. The summed E-state index contributed by atoms with van der Waals surface area (Å²) in [7, 11) is 3.41. The average molecular weight is 528 g/mol. The van der Waals surface area contributed by atoms with Crippen LogP contribution >= 0.6 is 39.9 Å². The maximum absolute atomic E-state index is 9.30. The molecule has 0 spiro atoms. The zero-order valence-electron chi connectivity index (χ0n) is 14.7. The molecule has 0 bridgehead atoms. The van der Waals surface area contributed by atoms with Crippen LogP contribution in [0.1, 0.15) is 18.4 Å². The molecule has 0 saturated carbocycles. The highest BCUT2D eigenvalue weighted by atomic mass is 127. The molecule has 142 valence electrons. The van der Waals surface area contributed by atoms with Crippen LogP contribution < -0.4 is 15.4 Å². The number of benzene rings is 1. The third kappa shape index (κ3) is 6.58. The summed E-state index contributed by atoms with van der Waals surface area (Å²) in [6.45, 7) is 2.93. The van der Waals surface area contributed by atoms with E-state index in [9.17, 15) is 5.11 Å². The summed E-state index contributed by atoms with van der Waals surface area (Å²) in [6.07, 6.45) is 1.69. The number of hydrogen-bond donors (Lipinski definition) is 3. The lowest BCUT2D eigenvalue weighted by molar-refractivity contribution is 0.127. The highest BCUT2D eigenvalue weighted by Crippen LogP contribution is 2.31. The minimum absolute atomic E-state index is 0. The lowest BCUT2D eigenvalue weighted by Gasteiger charge is -2.27. The van der Waals surface area contributed by atoms with Gasteiger partial charge < -0.3 is 25.2 Å². The predicted octanol–water partition coefficient (Wildman–Crippen LogP) is 2.53. The van der Waals surface area contributed by atoms with Gasteiger partial charge in [0.15, 0.2) is 5.96 Å². The number of methoxy groups -OCH3 is 1. The molecule has 1 aliphatic heterocycles. The number of aliphatic hydroxyl groups is 1. The first kappa shape index (κ1) is 22.5. The van der Waals surface area contributed by atoms with Crippen molar-refractivity contribution in [1.29, 1.82) is 0 Å². The van der Waals surface area contributed by atoms with Crippen LogP contribution in [-0.2, 0) is 11.3 Å². The Hall–Kier alpha value is -0.580. The number of aliphatic hydroxyl groups excluding tert-OH is 1. The molecule has 3 N–H and O–H groups in total. The van der Waals surface area contributed by atoms with E-state index in [1.165, 1.54) is 0 Å². The van der Waals surface area contributed by atoms with Crippen LogP contribution in [-0.4, -0.2) is 51.6 Å². The van der Waals surface area contributed by atoms with Gasteiger partial charge in [-0.2, -0.15) is 0 Å². The molecule has 1 aromatic carbocycles. The Bertz CT molecular complexity index is 566. The lowest BCUT2D eigenvalue weighted by atomic mass is 9.84. The van der Waals surface area contributed by atoms with Crippen molar-refractivity contribution in [3.63, 3.8) is 0 Å². The van der Waals surface area contributed by atoms with Crippen LogP contribution in [0, 0.1) is 5.41 Å². The zero-order valence-corrected chi connectivity index (χ0v) is 18.6. The van der Waals surface area contributed by atoms with E-state index in [1.54, 1.807) is 14.2 Å². The van der Waals surface area contributed by atoms with Crippen LogP contribution in [0.2, 0.25) is 0 Å². The minimum atomic E-state index is -0.0141. The van der Waals surface area contributed by atoms with Crippen molar-refractivity contribution in [1.82, 2.24) is 10.6 Å². The molecule has 0 radical (unpaired) electrons. The van der Waals surface area contributed by atoms with Crippen LogP contribution in [0.5, 0.6) is 5.75 Å². The fourth-order valence-corrected chi connectivity index (χ4v) is 3.28. The molecule has 1 aromatic rings. The van der Waals surface area contributed by atoms with Gasteiger partial charge in [0.05, 0.1) is 13.7 Å². The zero-order chi connectivity index (χ0) is 17.4.